The van der Waals surface area contributed by atoms with Crippen molar-refractivity contribution in [2.24, 2.45) is 0 Å². The van der Waals surface area contributed by atoms with Crippen molar-refractivity contribution in [3.63, 3.8) is 0 Å². The fraction of sp³-hybridized carbons (Fsp3) is 0.176. The fourth-order valence-corrected chi connectivity index (χ4v) is 2.28. The molecule has 0 atom stereocenters. The molecule has 0 aliphatic carbocycles. The molecule has 0 aliphatic rings. The Hall–Kier alpha value is -2.44. The summed E-state index contributed by atoms with van der Waals surface area (Å²) in [4.78, 5) is 0. The Balaban J connectivity index is 2.39. The van der Waals surface area contributed by atoms with Crippen molar-refractivity contribution in [1.82, 2.24) is 0 Å². The first-order valence-corrected chi connectivity index (χ1v) is 7.03. The first-order valence-electron chi connectivity index (χ1n) is 7.03. The summed E-state index contributed by atoms with van der Waals surface area (Å²) in [7, 11) is 3.08. The van der Waals surface area contributed by atoms with E-state index in [2.05, 4.69) is 0 Å². The van der Waals surface area contributed by atoms with Crippen LogP contribution in [0.1, 0.15) is 11.1 Å². The Morgan fingerprint density at radius 1 is 0.826 bits per heavy atom. The summed E-state index contributed by atoms with van der Waals surface area (Å²) in [6.45, 7) is 0. The molecule has 120 valence electrons. The van der Waals surface area contributed by atoms with Crippen molar-refractivity contribution < 1.29 is 24.3 Å². The van der Waals surface area contributed by atoms with Gasteiger partial charge in [-0.15, -0.1) is 0 Å². The summed E-state index contributed by atoms with van der Waals surface area (Å²) in [6, 6.07) is 10.7. The third kappa shape index (κ3) is 3.86. The second kappa shape index (κ2) is 7.71. The van der Waals surface area contributed by atoms with E-state index in [9.17, 15) is 10.0 Å². The summed E-state index contributed by atoms with van der Waals surface area (Å²) in [6.07, 6.45) is 3.69. The van der Waals surface area contributed by atoms with Gasteiger partial charge in [-0.3, -0.25) is 0 Å². The summed E-state index contributed by atoms with van der Waals surface area (Å²) < 4.78 is 15.8. The Labute approximate surface area is 135 Å². The number of benzene rings is 2. The van der Waals surface area contributed by atoms with Gasteiger partial charge in [-0.1, -0.05) is 24.3 Å². The average Bonchev–Trinajstić information content (AvgIpc) is 2.59. The second-order valence-electron chi connectivity index (χ2n) is 4.78. The highest BCUT2D eigenvalue weighted by atomic mass is 16.5. The number of ether oxygens (including phenoxy) is 3. The minimum atomic E-state index is -1.60. The van der Waals surface area contributed by atoms with Crippen molar-refractivity contribution in [2.75, 3.05) is 21.3 Å². The summed E-state index contributed by atoms with van der Waals surface area (Å²) >= 11 is 0. The van der Waals surface area contributed by atoms with Crippen molar-refractivity contribution in [3.8, 4) is 17.2 Å². The van der Waals surface area contributed by atoms with Gasteiger partial charge in [0.15, 0.2) is 0 Å². The predicted octanol–water partition coefficient (Wildman–Crippen LogP) is 1.56. The Bertz CT molecular complexity index is 675. The summed E-state index contributed by atoms with van der Waals surface area (Å²) in [5.41, 5.74) is 1.91. The van der Waals surface area contributed by atoms with Crippen molar-refractivity contribution in [2.45, 2.75) is 0 Å². The zero-order valence-electron chi connectivity index (χ0n) is 13.3. The minimum absolute atomic E-state index is 0.307. The molecule has 5 nitrogen and oxygen atoms in total. The Morgan fingerprint density at radius 2 is 1.43 bits per heavy atom. The standard InChI is InChI=1S/C17H19BO5/c1-21-15-5-4-6-16(22-2)13(15)9-7-12-8-10-17(23-3)14(11-12)18(19)20/h4-11,19-20H,1-3H3/b9-7+. The van der Waals surface area contributed by atoms with Gasteiger partial charge in [-0.05, 0) is 29.8 Å². The predicted molar refractivity (Wildman–Crippen MR) is 91.3 cm³/mol. The molecule has 0 aliphatic heterocycles. The monoisotopic (exact) mass is 314 g/mol. The van der Waals surface area contributed by atoms with Crippen LogP contribution in [0.15, 0.2) is 36.4 Å². The normalized spacial score (nSPS) is 10.7. The van der Waals surface area contributed by atoms with Gasteiger partial charge in [-0.25, -0.2) is 0 Å². The van der Waals surface area contributed by atoms with Gasteiger partial charge in [-0.2, -0.15) is 0 Å². The summed E-state index contributed by atoms with van der Waals surface area (Å²) in [5.74, 6) is 1.81. The SMILES string of the molecule is COc1ccc(/C=C/c2c(OC)cccc2OC)cc1B(O)O. The largest absolute Gasteiger partial charge is 0.497 e. The average molecular weight is 314 g/mol. The second-order valence-corrected chi connectivity index (χ2v) is 4.78. The molecule has 6 heteroatoms. The highest BCUT2D eigenvalue weighted by Crippen LogP contribution is 2.30. The first kappa shape index (κ1) is 16.9. The van der Waals surface area contributed by atoms with E-state index in [0.29, 0.717) is 22.7 Å². The minimum Gasteiger partial charge on any atom is -0.497 e. The molecule has 2 N–H and O–H groups in total. The van der Waals surface area contributed by atoms with E-state index in [4.69, 9.17) is 14.2 Å². The quantitative estimate of drug-likeness (QED) is 0.626. The maximum atomic E-state index is 9.42. The molecule has 0 saturated heterocycles. The van der Waals surface area contributed by atoms with Gasteiger partial charge in [0.1, 0.15) is 17.2 Å². The maximum absolute atomic E-state index is 9.42. The van der Waals surface area contributed by atoms with E-state index in [1.807, 2.05) is 36.4 Å². The van der Waals surface area contributed by atoms with E-state index < -0.39 is 7.12 Å². The van der Waals surface area contributed by atoms with Crippen LogP contribution in [0.2, 0.25) is 0 Å². The maximum Gasteiger partial charge on any atom is 0.492 e. The molecule has 23 heavy (non-hydrogen) atoms. The van der Waals surface area contributed by atoms with E-state index >= 15 is 0 Å². The number of hydrogen-bond donors (Lipinski definition) is 2. The van der Waals surface area contributed by atoms with Crippen molar-refractivity contribution in [3.05, 3.63) is 47.5 Å². The van der Waals surface area contributed by atoms with Crippen LogP contribution in [-0.4, -0.2) is 38.5 Å². The zero-order valence-corrected chi connectivity index (χ0v) is 13.3. The van der Waals surface area contributed by atoms with Gasteiger partial charge >= 0.3 is 7.12 Å². The van der Waals surface area contributed by atoms with Crippen LogP contribution in [0.5, 0.6) is 17.2 Å². The molecule has 2 aromatic carbocycles. The first-order chi connectivity index (χ1) is 11.1. The molecular weight excluding hydrogens is 295 g/mol. The molecule has 0 heterocycles. The van der Waals surface area contributed by atoms with Crippen LogP contribution < -0.4 is 19.7 Å². The van der Waals surface area contributed by atoms with Crippen LogP contribution in [0.3, 0.4) is 0 Å². The lowest BCUT2D eigenvalue weighted by Crippen LogP contribution is -2.31. The highest BCUT2D eigenvalue weighted by Gasteiger charge is 2.17. The van der Waals surface area contributed by atoms with E-state index in [-0.39, 0.29) is 0 Å². The van der Waals surface area contributed by atoms with E-state index in [0.717, 1.165) is 11.1 Å². The molecule has 2 rings (SSSR count). The topological polar surface area (TPSA) is 68.2 Å². The van der Waals surface area contributed by atoms with Crippen LogP contribution in [0.25, 0.3) is 12.2 Å². The van der Waals surface area contributed by atoms with Gasteiger partial charge in [0, 0.05) is 5.46 Å². The van der Waals surface area contributed by atoms with E-state index in [1.165, 1.54) is 7.11 Å². The number of hydrogen-bond acceptors (Lipinski definition) is 5. The molecular formula is C17H19BO5. The third-order valence-electron chi connectivity index (χ3n) is 3.44. The lowest BCUT2D eigenvalue weighted by Gasteiger charge is -2.10. The van der Waals surface area contributed by atoms with Crippen molar-refractivity contribution >= 4 is 24.7 Å². The summed E-state index contributed by atoms with van der Waals surface area (Å²) in [5, 5.41) is 18.8. The number of rotatable bonds is 6. The molecule has 2 aromatic rings. The molecule has 0 amide bonds. The smallest absolute Gasteiger partial charge is 0.492 e. The molecule has 0 radical (unpaired) electrons. The van der Waals surface area contributed by atoms with E-state index in [1.54, 1.807) is 26.4 Å². The Kier molecular flexibility index (Phi) is 5.68. The molecule has 0 bridgehead atoms. The molecule has 0 saturated carbocycles. The zero-order chi connectivity index (χ0) is 16.8. The molecule has 0 unspecified atom stereocenters. The van der Waals surface area contributed by atoms with Crippen LogP contribution >= 0.6 is 0 Å². The van der Waals surface area contributed by atoms with Gasteiger partial charge in [0.05, 0.1) is 26.9 Å². The number of methoxy groups -OCH3 is 3. The highest BCUT2D eigenvalue weighted by molar-refractivity contribution is 6.59. The van der Waals surface area contributed by atoms with Gasteiger partial charge in [0.25, 0.3) is 0 Å². The molecule has 0 aromatic heterocycles. The lowest BCUT2D eigenvalue weighted by molar-refractivity contribution is 0.392. The molecule has 0 fully saturated rings. The van der Waals surface area contributed by atoms with Crippen LogP contribution in [-0.2, 0) is 0 Å². The van der Waals surface area contributed by atoms with Crippen LogP contribution in [0.4, 0.5) is 0 Å². The Morgan fingerprint density at radius 3 is 1.96 bits per heavy atom. The fourth-order valence-electron chi connectivity index (χ4n) is 2.28. The molecule has 0 spiro atoms. The van der Waals surface area contributed by atoms with Gasteiger partial charge in [0.2, 0.25) is 0 Å². The lowest BCUT2D eigenvalue weighted by atomic mass is 9.78. The van der Waals surface area contributed by atoms with Gasteiger partial charge < -0.3 is 24.3 Å². The third-order valence-corrected chi connectivity index (χ3v) is 3.44. The van der Waals surface area contributed by atoms with Crippen molar-refractivity contribution in [1.29, 1.82) is 0 Å². The van der Waals surface area contributed by atoms with Crippen LogP contribution in [0, 0.1) is 0 Å².